The van der Waals surface area contributed by atoms with E-state index in [1.54, 1.807) is 24.3 Å². The van der Waals surface area contributed by atoms with Gasteiger partial charge in [-0.3, -0.25) is 13.9 Å². The van der Waals surface area contributed by atoms with Crippen molar-refractivity contribution in [2.24, 2.45) is 0 Å². The molecule has 0 spiro atoms. The third kappa shape index (κ3) is 6.32. The van der Waals surface area contributed by atoms with E-state index in [2.05, 4.69) is 10.6 Å². The van der Waals surface area contributed by atoms with E-state index < -0.39 is 15.9 Å². The average Bonchev–Trinajstić information content (AvgIpc) is 3.49. The van der Waals surface area contributed by atoms with Gasteiger partial charge >= 0.3 is 0 Å². The second-order valence-corrected chi connectivity index (χ2v) is 10.9. The number of ether oxygens (including phenoxy) is 3. The topological polar surface area (TPSA) is 123 Å². The van der Waals surface area contributed by atoms with Gasteiger partial charge in [-0.25, -0.2) is 8.42 Å². The molecule has 1 atom stereocenters. The summed E-state index contributed by atoms with van der Waals surface area (Å²) in [5.74, 6) is -0.0405. The van der Waals surface area contributed by atoms with Gasteiger partial charge in [0, 0.05) is 31.8 Å². The van der Waals surface area contributed by atoms with Crippen LogP contribution in [-0.4, -0.2) is 60.8 Å². The molecule has 10 nitrogen and oxygen atoms in total. The largest absolute Gasteiger partial charge is 0.493 e. The summed E-state index contributed by atoms with van der Waals surface area (Å²) in [6.45, 7) is 1.10. The smallest absolute Gasteiger partial charge is 0.264 e. The molecule has 0 radical (unpaired) electrons. The Morgan fingerprint density at radius 2 is 1.69 bits per heavy atom. The fourth-order valence-electron chi connectivity index (χ4n) is 4.19. The second kappa shape index (κ2) is 12.2. The zero-order valence-corrected chi connectivity index (χ0v) is 22.8. The van der Waals surface area contributed by atoms with Crippen molar-refractivity contribution in [3.05, 3.63) is 77.9 Å². The standard InChI is InChI=1S/C28H31N3O7S/c1-31(39(34,35)22-14-15-25(36-2)26(17-22)37-3)20-12-10-19(11-13-20)27(32)30-24-9-5-4-8-23(24)28(33)29-18-21-7-6-16-38-21/h4-5,8-15,17,21H,6-7,16,18H2,1-3H3,(H,29,33)(H,30,32)/t21-/m1/s1. The van der Waals surface area contributed by atoms with Crippen LogP contribution in [-0.2, 0) is 14.8 Å². The van der Waals surface area contributed by atoms with E-state index in [4.69, 9.17) is 14.2 Å². The molecule has 3 aromatic rings. The number of nitrogens with one attached hydrogen (secondary N) is 2. The molecule has 0 unspecified atom stereocenters. The Morgan fingerprint density at radius 1 is 0.974 bits per heavy atom. The molecule has 0 aromatic heterocycles. The third-order valence-electron chi connectivity index (χ3n) is 6.44. The van der Waals surface area contributed by atoms with Crippen LogP contribution >= 0.6 is 0 Å². The zero-order valence-electron chi connectivity index (χ0n) is 22.0. The predicted octanol–water partition coefficient (Wildman–Crippen LogP) is 3.69. The number of sulfonamides is 1. The van der Waals surface area contributed by atoms with Gasteiger partial charge in [0.05, 0.1) is 42.2 Å². The molecule has 1 aliphatic rings. The van der Waals surface area contributed by atoms with E-state index in [1.807, 2.05) is 0 Å². The molecular weight excluding hydrogens is 522 g/mol. The summed E-state index contributed by atoms with van der Waals surface area (Å²) in [6, 6.07) is 17.2. The highest BCUT2D eigenvalue weighted by atomic mass is 32.2. The van der Waals surface area contributed by atoms with Gasteiger partial charge in [-0.05, 0) is 61.4 Å². The molecular formula is C28H31N3O7S. The van der Waals surface area contributed by atoms with Gasteiger partial charge < -0.3 is 24.8 Å². The Kier molecular flexibility index (Phi) is 8.72. The van der Waals surface area contributed by atoms with Gasteiger partial charge in [0.2, 0.25) is 0 Å². The van der Waals surface area contributed by atoms with E-state index in [0.717, 1.165) is 17.1 Å². The highest BCUT2D eigenvalue weighted by molar-refractivity contribution is 7.92. The number of amides is 2. The average molecular weight is 554 g/mol. The van der Waals surface area contributed by atoms with Crippen molar-refractivity contribution in [3.63, 3.8) is 0 Å². The molecule has 4 rings (SSSR count). The quantitative estimate of drug-likeness (QED) is 0.393. The number of hydrogen-bond donors (Lipinski definition) is 2. The number of hydrogen-bond acceptors (Lipinski definition) is 7. The van der Waals surface area contributed by atoms with Crippen molar-refractivity contribution in [2.75, 3.05) is 44.0 Å². The molecule has 39 heavy (non-hydrogen) atoms. The van der Waals surface area contributed by atoms with Gasteiger partial charge in [-0.2, -0.15) is 0 Å². The van der Waals surface area contributed by atoms with Crippen molar-refractivity contribution >= 4 is 33.2 Å². The molecule has 1 aliphatic heterocycles. The maximum atomic E-state index is 13.2. The first-order valence-electron chi connectivity index (χ1n) is 12.4. The first kappa shape index (κ1) is 27.9. The third-order valence-corrected chi connectivity index (χ3v) is 8.22. The molecule has 2 N–H and O–H groups in total. The van der Waals surface area contributed by atoms with E-state index in [1.165, 1.54) is 63.7 Å². The summed E-state index contributed by atoms with van der Waals surface area (Å²) < 4.78 is 43.5. The molecule has 0 saturated carbocycles. The van der Waals surface area contributed by atoms with E-state index in [-0.39, 0.29) is 16.9 Å². The van der Waals surface area contributed by atoms with Crippen molar-refractivity contribution < 1.29 is 32.2 Å². The molecule has 0 aliphatic carbocycles. The van der Waals surface area contributed by atoms with Crippen LogP contribution in [0.15, 0.2) is 71.6 Å². The molecule has 11 heteroatoms. The highest BCUT2D eigenvalue weighted by Crippen LogP contribution is 2.31. The number of carbonyl (C=O) groups is 2. The number of benzene rings is 3. The monoisotopic (exact) mass is 553 g/mol. The van der Waals surface area contributed by atoms with Crippen LogP contribution in [0.2, 0.25) is 0 Å². The lowest BCUT2D eigenvalue weighted by Gasteiger charge is -2.20. The number of nitrogens with zero attached hydrogens (tertiary/aromatic N) is 1. The summed E-state index contributed by atoms with van der Waals surface area (Å²) in [7, 11) is 0.406. The predicted molar refractivity (Wildman–Crippen MR) is 147 cm³/mol. The van der Waals surface area contributed by atoms with Crippen LogP contribution in [0.25, 0.3) is 0 Å². The van der Waals surface area contributed by atoms with Crippen molar-refractivity contribution in [1.29, 1.82) is 0 Å². The van der Waals surface area contributed by atoms with Gasteiger partial charge in [-0.15, -0.1) is 0 Å². The van der Waals surface area contributed by atoms with Gasteiger partial charge in [0.15, 0.2) is 11.5 Å². The summed E-state index contributed by atoms with van der Waals surface area (Å²) in [4.78, 5) is 25.7. The number of carbonyl (C=O) groups excluding carboxylic acids is 2. The van der Waals surface area contributed by atoms with Crippen molar-refractivity contribution in [2.45, 2.75) is 23.8 Å². The Morgan fingerprint density at radius 3 is 2.36 bits per heavy atom. The van der Waals surface area contributed by atoms with Crippen molar-refractivity contribution in [1.82, 2.24) is 5.32 Å². The molecule has 1 fully saturated rings. The van der Waals surface area contributed by atoms with E-state index >= 15 is 0 Å². The lowest BCUT2D eigenvalue weighted by molar-refractivity contribution is 0.0858. The van der Waals surface area contributed by atoms with Crippen LogP contribution in [0.4, 0.5) is 11.4 Å². The van der Waals surface area contributed by atoms with Crippen LogP contribution in [0.3, 0.4) is 0 Å². The van der Waals surface area contributed by atoms with E-state index in [9.17, 15) is 18.0 Å². The molecule has 1 heterocycles. The minimum absolute atomic E-state index is 0.00270. The molecule has 3 aromatic carbocycles. The number of anilines is 2. The minimum atomic E-state index is -3.91. The van der Waals surface area contributed by atoms with Gasteiger partial charge in [0.25, 0.3) is 21.8 Å². The maximum absolute atomic E-state index is 13.2. The van der Waals surface area contributed by atoms with Gasteiger partial charge in [-0.1, -0.05) is 12.1 Å². The summed E-state index contributed by atoms with van der Waals surface area (Å²) in [6.07, 6.45) is 1.88. The van der Waals surface area contributed by atoms with Crippen molar-refractivity contribution in [3.8, 4) is 11.5 Å². The molecule has 0 bridgehead atoms. The number of rotatable bonds is 10. The van der Waals surface area contributed by atoms with Crippen LogP contribution in [0, 0.1) is 0 Å². The Bertz CT molecular complexity index is 1440. The second-order valence-electron chi connectivity index (χ2n) is 8.88. The normalized spacial score (nSPS) is 14.9. The summed E-state index contributed by atoms with van der Waals surface area (Å²) in [5, 5.41) is 5.64. The first-order valence-corrected chi connectivity index (χ1v) is 13.8. The van der Waals surface area contributed by atoms with Crippen LogP contribution < -0.4 is 24.4 Å². The van der Waals surface area contributed by atoms with Crippen LogP contribution in [0.1, 0.15) is 33.6 Å². The van der Waals surface area contributed by atoms with Crippen LogP contribution in [0.5, 0.6) is 11.5 Å². The maximum Gasteiger partial charge on any atom is 0.264 e. The Labute approximate surface area is 227 Å². The number of para-hydroxylation sites is 1. The minimum Gasteiger partial charge on any atom is -0.493 e. The summed E-state index contributed by atoms with van der Waals surface area (Å²) >= 11 is 0. The zero-order chi connectivity index (χ0) is 28.0. The molecule has 2 amide bonds. The van der Waals surface area contributed by atoms with Gasteiger partial charge in [0.1, 0.15) is 0 Å². The summed E-state index contributed by atoms with van der Waals surface area (Å²) in [5.41, 5.74) is 1.35. The lowest BCUT2D eigenvalue weighted by atomic mass is 10.1. The molecule has 206 valence electrons. The first-order chi connectivity index (χ1) is 18.7. The number of methoxy groups -OCH3 is 2. The lowest BCUT2D eigenvalue weighted by Crippen LogP contribution is -2.32. The van der Waals surface area contributed by atoms with E-state index in [0.29, 0.717) is 47.2 Å². The Hall–Kier alpha value is -4.09. The fourth-order valence-corrected chi connectivity index (χ4v) is 5.40. The molecule has 1 saturated heterocycles. The fraction of sp³-hybridized carbons (Fsp3) is 0.286. The highest BCUT2D eigenvalue weighted by Gasteiger charge is 2.24. The SMILES string of the molecule is COc1ccc(S(=O)(=O)N(C)c2ccc(C(=O)Nc3ccccc3C(=O)NC[C@H]3CCCO3)cc2)cc1OC. The Balaban J connectivity index is 1.45.